The van der Waals surface area contributed by atoms with Gasteiger partial charge in [-0.25, -0.2) is 4.98 Å². The number of hydrogen-bond acceptors (Lipinski definition) is 5. The predicted octanol–water partition coefficient (Wildman–Crippen LogP) is 0.238. The van der Waals surface area contributed by atoms with Gasteiger partial charge in [0.05, 0.1) is 0 Å². The standard InChI is InChI=1S/C12H16N4O2S.ClH/c13-9(7-1-2-7)6-14-10(17)8-5-15-12-16(11(8)18)3-4-19-12;/h5,7,9H,1-4,6,13H2,(H,14,17);1H. The van der Waals surface area contributed by atoms with Gasteiger partial charge in [0.15, 0.2) is 5.16 Å². The summed E-state index contributed by atoms with van der Waals surface area (Å²) < 4.78 is 1.56. The molecule has 1 atom stereocenters. The van der Waals surface area contributed by atoms with Gasteiger partial charge in [-0.3, -0.25) is 14.2 Å². The average Bonchev–Trinajstić information content (AvgIpc) is 3.14. The first-order valence-electron chi connectivity index (χ1n) is 6.43. The number of nitrogens with zero attached hydrogens (tertiary/aromatic N) is 2. The minimum absolute atomic E-state index is 0. The summed E-state index contributed by atoms with van der Waals surface area (Å²) in [5, 5.41) is 3.42. The molecule has 0 bridgehead atoms. The average molecular weight is 317 g/mol. The van der Waals surface area contributed by atoms with E-state index in [1.54, 1.807) is 4.57 Å². The van der Waals surface area contributed by atoms with Gasteiger partial charge in [0, 0.05) is 31.1 Å². The predicted molar refractivity (Wildman–Crippen MR) is 79.5 cm³/mol. The van der Waals surface area contributed by atoms with Gasteiger partial charge in [0.1, 0.15) is 5.56 Å². The maximum Gasteiger partial charge on any atom is 0.267 e. The largest absolute Gasteiger partial charge is 0.350 e. The number of nitrogens with two attached hydrogens (primary N) is 1. The van der Waals surface area contributed by atoms with Crippen LogP contribution in [0, 0.1) is 5.92 Å². The van der Waals surface area contributed by atoms with Crippen molar-refractivity contribution >= 4 is 30.1 Å². The van der Waals surface area contributed by atoms with E-state index >= 15 is 0 Å². The van der Waals surface area contributed by atoms with Gasteiger partial charge < -0.3 is 11.1 Å². The summed E-state index contributed by atoms with van der Waals surface area (Å²) in [5.74, 6) is 0.983. The van der Waals surface area contributed by atoms with E-state index in [1.165, 1.54) is 18.0 Å². The van der Waals surface area contributed by atoms with E-state index in [4.69, 9.17) is 5.73 Å². The molecule has 2 heterocycles. The molecule has 1 aromatic heterocycles. The van der Waals surface area contributed by atoms with Crippen molar-refractivity contribution < 1.29 is 4.79 Å². The normalized spacial score (nSPS) is 18.1. The second kappa shape index (κ2) is 6.15. The Morgan fingerprint density at radius 3 is 3.05 bits per heavy atom. The van der Waals surface area contributed by atoms with Gasteiger partial charge in [-0.2, -0.15) is 0 Å². The Morgan fingerprint density at radius 2 is 2.35 bits per heavy atom. The first-order valence-corrected chi connectivity index (χ1v) is 7.42. The zero-order valence-corrected chi connectivity index (χ0v) is 12.5. The second-order valence-electron chi connectivity index (χ2n) is 4.97. The smallest absolute Gasteiger partial charge is 0.267 e. The highest BCUT2D eigenvalue weighted by Gasteiger charge is 2.29. The fraction of sp³-hybridized carbons (Fsp3) is 0.583. The quantitative estimate of drug-likeness (QED) is 0.777. The summed E-state index contributed by atoms with van der Waals surface area (Å²) in [7, 11) is 0. The molecule has 8 heteroatoms. The van der Waals surface area contributed by atoms with Crippen LogP contribution in [0.1, 0.15) is 23.2 Å². The van der Waals surface area contributed by atoms with E-state index in [2.05, 4.69) is 10.3 Å². The molecule has 0 saturated heterocycles. The van der Waals surface area contributed by atoms with E-state index in [-0.39, 0.29) is 35.5 Å². The lowest BCUT2D eigenvalue weighted by molar-refractivity contribution is 0.0947. The van der Waals surface area contributed by atoms with Crippen molar-refractivity contribution in [1.82, 2.24) is 14.9 Å². The third-order valence-electron chi connectivity index (χ3n) is 3.53. The number of thioether (sulfide) groups is 1. The molecule has 20 heavy (non-hydrogen) atoms. The van der Waals surface area contributed by atoms with Crippen LogP contribution < -0.4 is 16.6 Å². The first-order chi connectivity index (χ1) is 9.16. The Bertz CT molecular complexity index is 573. The molecule has 1 unspecified atom stereocenters. The molecule has 0 radical (unpaired) electrons. The first kappa shape index (κ1) is 15.3. The van der Waals surface area contributed by atoms with Crippen LogP contribution in [0.3, 0.4) is 0 Å². The number of carbonyl (C=O) groups is 1. The molecule has 1 aliphatic heterocycles. The van der Waals surface area contributed by atoms with Gasteiger partial charge in [0.2, 0.25) is 0 Å². The van der Waals surface area contributed by atoms with Crippen LogP contribution in [-0.2, 0) is 6.54 Å². The number of amides is 1. The van der Waals surface area contributed by atoms with E-state index in [0.29, 0.717) is 24.2 Å². The summed E-state index contributed by atoms with van der Waals surface area (Å²) in [6, 6.07) is -0.00959. The van der Waals surface area contributed by atoms with Crippen molar-refractivity contribution in [2.24, 2.45) is 11.7 Å². The zero-order chi connectivity index (χ0) is 13.4. The Kier molecular flexibility index (Phi) is 4.72. The van der Waals surface area contributed by atoms with Gasteiger partial charge in [-0.1, -0.05) is 11.8 Å². The van der Waals surface area contributed by atoms with Crippen LogP contribution in [0.4, 0.5) is 0 Å². The third-order valence-corrected chi connectivity index (χ3v) is 4.50. The molecule has 1 amide bonds. The van der Waals surface area contributed by atoms with Crippen LogP contribution in [0.25, 0.3) is 0 Å². The zero-order valence-electron chi connectivity index (χ0n) is 10.9. The Morgan fingerprint density at radius 1 is 1.60 bits per heavy atom. The van der Waals surface area contributed by atoms with E-state index in [1.807, 2.05) is 0 Å². The highest BCUT2D eigenvalue weighted by Crippen LogP contribution is 2.31. The Balaban J connectivity index is 0.00000147. The number of nitrogens with one attached hydrogen (secondary N) is 1. The van der Waals surface area contributed by atoms with E-state index < -0.39 is 0 Å². The lowest BCUT2D eigenvalue weighted by Crippen LogP contribution is -2.41. The fourth-order valence-electron chi connectivity index (χ4n) is 2.17. The lowest BCUT2D eigenvalue weighted by Gasteiger charge is -2.11. The molecule has 1 aromatic rings. The van der Waals surface area contributed by atoms with E-state index in [9.17, 15) is 9.59 Å². The highest BCUT2D eigenvalue weighted by molar-refractivity contribution is 7.99. The van der Waals surface area contributed by atoms with Crippen molar-refractivity contribution in [2.75, 3.05) is 12.3 Å². The molecule has 6 nitrogen and oxygen atoms in total. The summed E-state index contributed by atoms with van der Waals surface area (Å²) in [6.07, 6.45) is 3.64. The maximum atomic E-state index is 12.1. The van der Waals surface area contributed by atoms with E-state index in [0.717, 1.165) is 18.6 Å². The molecular formula is C12H17ClN4O2S. The van der Waals surface area contributed by atoms with Crippen molar-refractivity contribution in [3.05, 3.63) is 22.1 Å². The van der Waals surface area contributed by atoms with Crippen molar-refractivity contribution in [3.63, 3.8) is 0 Å². The molecule has 0 aromatic carbocycles. The van der Waals surface area contributed by atoms with Crippen LogP contribution >= 0.6 is 24.2 Å². The molecule has 2 aliphatic rings. The SMILES string of the molecule is Cl.NC(CNC(=O)c1cnc2n(c1=O)CCS2)C1CC1. The van der Waals surface area contributed by atoms with Crippen LogP contribution in [0.15, 0.2) is 16.1 Å². The topological polar surface area (TPSA) is 90.0 Å². The Hall–Kier alpha value is -1.05. The molecule has 3 rings (SSSR count). The second-order valence-corrected chi connectivity index (χ2v) is 6.03. The third kappa shape index (κ3) is 2.99. The van der Waals surface area contributed by atoms with Crippen molar-refractivity contribution in [1.29, 1.82) is 0 Å². The van der Waals surface area contributed by atoms with Crippen LogP contribution in [-0.4, -0.2) is 33.8 Å². The number of fused-ring (bicyclic) bond motifs is 1. The summed E-state index contributed by atoms with van der Waals surface area (Å²) in [6.45, 7) is 1.04. The summed E-state index contributed by atoms with van der Waals surface area (Å²) >= 11 is 1.53. The van der Waals surface area contributed by atoms with Gasteiger partial charge in [-0.15, -0.1) is 12.4 Å². The summed E-state index contributed by atoms with van der Waals surface area (Å²) in [5.41, 5.74) is 5.77. The molecular weight excluding hydrogens is 300 g/mol. The van der Waals surface area contributed by atoms with Gasteiger partial charge in [0.25, 0.3) is 11.5 Å². The monoisotopic (exact) mass is 316 g/mol. The van der Waals surface area contributed by atoms with Gasteiger partial charge >= 0.3 is 0 Å². The number of rotatable bonds is 4. The molecule has 0 spiro atoms. The number of hydrogen-bond donors (Lipinski definition) is 2. The molecule has 1 fully saturated rings. The number of halogens is 1. The molecule has 110 valence electrons. The van der Waals surface area contributed by atoms with Crippen molar-refractivity contribution in [3.8, 4) is 0 Å². The minimum Gasteiger partial charge on any atom is -0.350 e. The fourth-order valence-corrected chi connectivity index (χ4v) is 3.08. The lowest BCUT2D eigenvalue weighted by atomic mass is 10.2. The minimum atomic E-state index is -0.374. The molecule has 1 saturated carbocycles. The molecule has 1 aliphatic carbocycles. The van der Waals surface area contributed by atoms with Crippen LogP contribution in [0.2, 0.25) is 0 Å². The highest BCUT2D eigenvalue weighted by atomic mass is 35.5. The van der Waals surface area contributed by atoms with Crippen molar-refractivity contribution in [2.45, 2.75) is 30.6 Å². The Labute approximate surface area is 126 Å². The van der Waals surface area contributed by atoms with Gasteiger partial charge in [-0.05, 0) is 18.8 Å². The summed E-state index contributed by atoms with van der Waals surface area (Å²) in [4.78, 5) is 28.2. The number of carbonyl (C=O) groups excluding carboxylic acids is 1. The van der Waals surface area contributed by atoms with Crippen LogP contribution in [0.5, 0.6) is 0 Å². The molecule has 3 N–H and O–H groups in total. The number of aromatic nitrogens is 2. The maximum absolute atomic E-state index is 12.1.